The Labute approximate surface area is 75.0 Å². The molecule has 1 rings (SSSR count). The third-order valence-electron chi connectivity index (χ3n) is 1.84. The summed E-state index contributed by atoms with van der Waals surface area (Å²) in [5.41, 5.74) is 0. The number of thiol groups is 1. The first-order valence-electron chi connectivity index (χ1n) is 3.56. The van der Waals surface area contributed by atoms with Crippen molar-refractivity contribution in [3.63, 3.8) is 0 Å². The lowest BCUT2D eigenvalue weighted by Gasteiger charge is -2.18. The zero-order chi connectivity index (χ0) is 9.30. The first kappa shape index (κ1) is 10.2. The Hall–Kier alpha value is 0.150. The lowest BCUT2D eigenvalue weighted by Crippen LogP contribution is -2.39. The van der Waals surface area contributed by atoms with Gasteiger partial charge in [-0.2, -0.15) is 12.6 Å². The Balaban J connectivity index is 2.58. The molecule has 1 aliphatic rings. The number of aliphatic hydroxyl groups is 4. The van der Waals surface area contributed by atoms with E-state index in [1.807, 2.05) is 0 Å². The Kier molecular flexibility index (Phi) is 3.33. The van der Waals surface area contributed by atoms with Gasteiger partial charge in [0.25, 0.3) is 0 Å². The van der Waals surface area contributed by atoms with Crippen LogP contribution in [0.3, 0.4) is 0 Å². The predicted octanol–water partition coefficient (Wildman–Crippen LogP) is -2.28. The molecule has 0 amide bonds. The molecule has 5 nitrogen and oxygen atoms in total. The van der Waals surface area contributed by atoms with Crippen molar-refractivity contribution in [3.05, 3.63) is 0 Å². The molecule has 0 bridgehead atoms. The van der Waals surface area contributed by atoms with Crippen molar-refractivity contribution in [3.8, 4) is 0 Å². The molecule has 0 aromatic heterocycles. The summed E-state index contributed by atoms with van der Waals surface area (Å²) in [5.74, 6) is 0.0984. The van der Waals surface area contributed by atoms with E-state index in [2.05, 4.69) is 12.6 Å². The normalized spacial score (nSPS) is 44.8. The van der Waals surface area contributed by atoms with Crippen LogP contribution in [0.1, 0.15) is 0 Å². The minimum Gasteiger partial charge on any atom is -0.389 e. The molecule has 2 unspecified atom stereocenters. The average molecular weight is 196 g/mol. The smallest absolute Gasteiger partial charge is 0.184 e. The highest BCUT2D eigenvalue weighted by Crippen LogP contribution is 2.22. The first-order valence-corrected chi connectivity index (χ1v) is 4.19. The first-order chi connectivity index (χ1) is 5.57. The number of hydrogen-bond donors (Lipinski definition) is 5. The standard InChI is InChI=1S/C6H12O5S/c7-2(1-12)5-3(8)4(9)6(10)11-5/h2-10,12H,1H2/t2-,3?,4?,5+,6+/m0/s1. The second kappa shape index (κ2) is 3.91. The highest BCUT2D eigenvalue weighted by Gasteiger charge is 2.44. The van der Waals surface area contributed by atoms with Gasteiger partial charge < -0.3 is 25.2 Å². The summed E-state index contributed by atoms with van der Waals surface area (Å²) in [7, 11) is 0. The molecule has 0 spiro atoms. The second-order valence-electron chi connectivity index (χ2n) is 2.72. The summed E-state index contributed by atoms with van der Waals surface area (Å²) in [6.45, 7) is 0. The van der Waals surface area contributed by atoms with Crippen molar-refractivity contribution in [2.45, 2.75) is 30.7 Å². The Morgan fingerprint density at radius 2 is 1.83 bits per heavy atom. The van der Waals surface area contributed by atoms with Crippen molar-refractivity contribution in [1.29, 1.82) is 0 Å². The quantitative estimate of drug-likeness (QED) is 0.321. The predicted molar refractivity (Wildman–Crippen MR) is 42.8 cm³/mol. The van der Waals surface area contributed by atoms with Crippen molar-refractivity contribution in [1.82, 2.24) is 0 Å². The number of ether oxygens (including phenoxy) is 1. The van der Waals surface area contributed by atoms with E-state index in [1.54, 1.807) is 0 Å². The van der Waals surface area contributed by atoms with Gasteiger partial charge in [0.05, 0.1) is 6.10 Å². The van der Waals surface area contributed by atoms with Crippen LogP contribution in [-0.4, -0.2) is 56.9 Å². The molecule has 0 aromatic rings. The fourth-order valence-electron chi connectivity index (χ4n) is 1.11. The summed E-state index contributed by atoms with van der Waals surface area (Å²) < 4.78 is 4.70. The SMILES string of the molecule is OC1C(O)[C@@H]([C@@H](O)CS)O[C@H]1O. The number of hydrogen-bond acceptors (Lipinski definition) is 6. The van der Waals surface area contributed by atoms with Gasteiger partial charge in [-0.1, -0.05) is 0 Å². The molecule has 0 aliphatic carbocycles. The van der Waals surface area contributed by atoms with Gasteiger partial charge in [0, 0.05) is 5.75 Å². The monoisotopic (exact) mass is 196 g/mol. The Bertz CT molecular complexity index is 155. The van der Waals surface area contributed by atoms with Crippen molar-refractivity contribution >= 4 is 12.6 Å². The summed E-state index contributed by atoms with van der Waals surface area (Å²) >= 11 is 3.79. The molecule has 4 N–H and O–H groups in total. The third kappa shape index (κ3) is 1.73. The molecule has 5 atom stereocenters. The van der Waals surface area contributed by atoms with E-state index in [0.717, 1.165) is 0 Å². The van der Waals surface area contributed by atoms with Crippen LogP contribution in [0, 0.1) is 0 Å². The van der Waals surface area contributed by atoms with Gasteiger partial charge in [0.2, 0.25) is 0 Å². The average Bonchev–Trinajstić information content (AvgIpc) is 2.32. The number of aliphatic hydroxyl groups excluding tert-OH is 4. The van der Waals surface area contributed by atoms with Crippen LogP contribution in [0.25, 0.3) is 0 Å². The van der Waals surface area contributed by atoms with Crippen molar-refractivity contribution in [2.24, 2.45) is 0 Å². The van der Waals surface area contributed by atoms with E-state index in [9.17, 15) is 10.2 Å². The molecular formula is C6H12O5S. The highest BCUT2D eigenvalue weighted by atomic mass is 32.1. The molecular weight excluding hydrogens is 184 g/mol. The second-order valence-corrected chi connectivity index (χ2v) is 3.09. The van der Waals surface area contributed by atoms with Crippen LogP contribution in [0.2, 0.25) is 0 Å². The summed E-state index contributed by atoms with van der Waals surface area (Å²) in [6.07, 6.45) is -6.01. The molecule has 72 valence electrons. The van der Waals surface area contributed by atoms with Crippen LogP contribution in [0.5, 0.6) is 0 Å². The number of rotatable bonds is 2. The maximum atomic E-state index is 9.20. The van der Waals surface area contributed by atoms with Gasteiger partial charge in [-0.25, -0.2) is 0 Å². The summed E-state index contributed by atoms with van der Waals surface area (Å²) in [5, 5.41) is 36.3. The maximum absolute atomic E-state index is 9.20. The fraction of sp³-hybridized carbons (Fsp3) is 1.00. The maximum Gasteiger partial charge on any atom is 0.184 e. The molecule has 0 radical (unpaired) electrons. The Morgan fingerprint density at radius 1 is 1.25 bits per heavy atom. The minimum absolute atomic E-state index is 0.0984. The van der Waals surface area contributed by atoms with Gasteiger partial charge in [-0.3, -0.25) is 0 Å². The van der Waals surface area contributed by atoms with E-state index in [1.165, 1.54) is 0 Å². The molecule has 1 saturated heterocycles. The lowest BCUT2D eigenvalue weighted by atomic mass is 10.1. The van der Waals surface area contributed by atoms with Gasteiger partial charge >= 0.3 is 0 Å². The fourth-order valence-corrected chi connectivity index (χ4v) is 1.31. The molecule has 0 saturated carbocycles. The molecule has 1 aliphatic heterocycles. The van der Waals surface area contributed by atoms with Crippen LogP contribution in [0.15, 0.2) is 0 Å². The van der Waals surface area contributed by atoms with Crippen molar-refractivity contribution in [2.75, 3.05) is 5.75 Å². The summed E-state index contributed by atoms with van der Waals surface area (Å²) in [6, 6.07) is 0. The van der Waals surface area contributed by atoms with E-state index in [4.69, 9.17) is 14.9 Å². The highest BCUT2D eigenvalue weighted by molar-refractivity contribution is 7.80. The van der Waals surface area contributed by atoms with Gasteiger partial charge in [0.1, 0.15) is 18.3 Å². The van der Waals surface area contributed by atoms with E-state index < -0.39 is 30.7 Å². The largest absolute Gasteiger partial charge is 0.389 e. The van der Waals surface area contributed by atoms with E-state index in [0.29, 0.717) is 0 Å². The Morgan fingerprint density at radius 3 is 2.17 bits per heavy atom. The molecule has 6 heteroatoms. The zero-order valence-electron chi connectivity index (χ0n) is 6.24. The molecule has 1 fully saturated rings. The van der Waals surface area contributed by atoms with Gasteiger partial charge in [-0.15, -0.1) is 0 Å². The van der Waals surface area contributed by atoms with E-state index in [-0.39, 0.29) is 5.75 Å². The molecule has 0 aromatic carbocycles. The lowest BCUT2D eigenvalue weighted by molar-refractivity contribution is -0.142. The third-order valence-corrected chi connectivity index (χ3v) is 2.22. The van der Waals surface area contributed by atoms with Crippen LogP contribution >= 0.6 is 12.6 Å². The molecule has 1 heterocycles. The van der Waals surface area contributed by atoms with Gasteiger partial charge in [0.15, 0.2) is 6.29 Å². The van der Waals surface area contributed by atoms with Crippen LogP contribution in [-0.2, 0) is 4.74 Å². The summed E-state index contributed by atoms with van der Waals surface area (Å²) in [4.78, 5) is 0. The zero-order valence-corrected chi connectivity index (χ0v) is 7.13. The van der Waals surface area contributed by atoms with Gasteiger partial charge in [-0.05, 0) is 0 Å². The minimum atomic E-state index is -1.43. The molecule has 12 heavy (non-hydrogen) atoms. The van der Waals surface area contributed by atoms with E-state index >= 15 is 0 Å². The van der Waals surface area contributed by atoms with Crippen LogP contribution in [0.4, 0.5) is 0 Å². The van der Waals surface area contributed by atoms with Crippen molar-refractivity contribution < 1.29 is 25.2 Å². The van der Waals surface area contributed by atoms with Crippen LogP contribution < -0.4 is 0 Å². The topological polar surface area (TPSA) is 90.2 Å².